The van der Waals surface area contributed by atoms with Gasteiger partial charge in [0.05, 0.1) is 34.0 Å². The van der Waals surface area contributed by atoms with Crippen LogP contribution < -0.4 is 29.7 Å². The number of nitrogens with one attached hydrogen (secondary N) is 1. The molecule has 5 rings (SSSR count). The topological polar surface area (TPSA) is 166 Å². The van der Waals surface area contributed by atoms with Crippen molar-refractivity contribution >= 4 is 16.9 Å². The highest BCUT2D eigenvalue weighted by molar-refractivity contribution is 5.89. The van der Waals surface area contributed by atoms with Crippen molar-refractivity contribution < 1.29 is 48.2 Å². The molecule has 12 heteroatoms. The van der Waals surface area contributed by atoms with Crippen LogP contribution in [0.25, 0.3) is 22.3 Å². The van der Waals surface area contributed by atoms with E-state index in [0.29, 0.717) is 17.1 Å². The molecule has 0 spiro atoms. The van der Waals surface area contributed by atoms with E-state index in [1.807, 2.05) is 0 Å². The molecule has 3 aromatic rings. The first-order valence-electron chi connectivity index (χ1n) is 14.2. The maximum atomic E-state index is 13.6. The lowest BCUT2D eigenvalue weighted by molar-refractivity contribution is -0.223. The average Bonchev–Trinajstić information content (AvgIpc) is 3.02. The summed E-state index contributed by atoms with van der Waals surface area (Å²) in [7, 11) is 5.71. The quantitative estimate of drug-likeness (QED) is 0.300. The largest absolute Gasteiger partial charge is 0.496 e. The molecule has 2 fully saturated rings. The van der Waals surface area contributed by atoms with Crippen LogP contribution in [0.1, 0.15) is 43.8 Å². The van der Waals surface area contributed by atoms with Crippen molar-refractivity contribution in [2.24, 2.45) is 0 Å². The number of fused-ring (bicyclic) bond motifs is 1. The molecule has 1 aliphatic carbocycles. The van der Waals surface area contributed by atoms with E-state index in [1.165, 1.54) is 40.6 Å². The van der Waals surface area contributed by atoms with Gasteiger partial charge in [-0.2, -0.15) is 0 Å². The van der Waals surface area contributed by atoms with Gasteiger partial charge < -0.3 is 48.7 Å². The fourth-order valence-electron chi connectivity index (χ4n) is 5.93. The number of carbonyl (C=O) groups is 1. The average molecular weight is 600 g/mol. The van der Waals surface area contributed by atoms with Gasteiger partial charge in [0.1, 0.15) is 52.6 Å². The molecule has 1 aliphatic heterocycles. The van der Waals surface area contributed by atoms with Crippen molar-refractivity contribution in [1.82, 2.24) is 5.32 Å². The second-order valence-corrected chi connectivity index (χ2v) is 10.7. The molecule has 0 unspecified atom stereocenters. The second kappa shape index (κ2) is 12.8. The zero-order valence-electron chi connectivity index (χ0n) is 24.5. The number of ether oxygens (including phenoxy) is 5. The lowest BCUT2D eigenvalue weighted by Crippen LogP contribution is -2.59. The number of methoxy groups -OCH3 is 4. The Morgan fingerprint density at radius 3 is 2.19 bits per heavy atom. The molecule has 12 nitrogen and oxygen atoms in total. The summed E-state index contributed by atoms with van der Waals surface area (Å²) in [5.41, 5.74) is 0.280. The van der Waals surface area contributed by atoms with Crippen LogP contribution in [0.2, 0.25) is 0 Å². The Morgan fingerprint density at radius 1 is 0.837 bits per heavy atom. The maximum absolute atomic E-state index is 13.6. The highest BCUT2D eigenvalue weighted by atomic mass is 16.5. The molecule has 1 amide bonds. The van der Waals surface area contributed by atoms with Gasteiger partial charge in [0.25, 0.3) is 5.91 Å². The summed E-state index contributed by atoms with van der Waals surface area (Å²) >= 11 is 0. The smallest absolute Gasteiger partial charge is 0.252 e. The molecule has 2 aromatic carbocycles. The Bertz CT molecular complexity index is 1530. The van der Waals surface area contributed by atoms with Crippen molar-refractivity contribution in [3.8, 4) is 34.3 Å². The number of hydrogen-bond donors (Lipinski definition) is 4. The molecule has 2 aliphatic rings. The standard InChI is InChI=1S/C31H37NO11/c1-38-18-11-10-15(12-20(18)39-2)19-13-17(33)23-22(42-19)14-21(40-3)24(28(23)41-4)29-26(35)25(34)27(36)30(43-29)31(37)32-16-8-6-5-7-9-16/h10-14,16,25-27,29-30,34-36H,5-9H2,1-4H3,(H,32,37)/t25-,26-,27+,29+,30+/m1/s1. The van der Waals surface area contributed by atoms with Gasteiger partial charge in [-0.3, -0.25) is 9.59 Å². The van der Waals surface area contributed by atoms with E-state index in [1.54, 1.807) is 18.2 Å². The number of amides is 1. The zero-order valence-corrected chi connectivity index (χ0v) is 24.5. The fourth-order valence-corrected chi connectivity index (χ4v) is 5.93. The SMILES string of the molecule is COc1ccc(-c2cc(=O)c3c(OC)c([C@@H]4O[C@H](C(=O)NC5CCCCC5)[C@@H](O)[C@H](O)[C@H]4O)c(OC)cc3o2)cc1OC. The monoisotopic (exact) mass is 599 g/mol. The molecule has 0 bridgehead atoms. The number of benzene rings is 2. The van der Waals surface area contributed by atoms with E-state index in [4.69, 9.17) is 28.1 Å². The Morgan fingerprint density at radius 2 is 1.53 bits per heavy atom. The second-order valence-electron chi connectivity index (χ2n) is 10.7. The normalized spacial score (nSPS) is 24.4. The van der Waals surface area contributed by atoms with Gasteiger partial charge in [0, 0.05) is 23.7 Å². The summed E-state index contributed by atoms with van der Waals surface area (Å²) < 4.78 is 34.1. The van der Waals surface area contributed by atoms with Crippen molar-refractivity contribution in [3.63, 3.8) is 0 Å². The number of rotatable bonds is 8. The minimum absolute atomic E-state index is 0.0268. The Balaban J connectivity index is 1.57. The van der Waals surface area contributed by atoms with Gasteiger partial charge in [0.15, 0.2) is 23.0 Å². The Hall–Kier alpha value is -3.84. The van der Waals surface area contributed by atoms with Crippen molar-refractivity contribution in [2.45, 2.75) is 68.7 Å². The van der Waals surface area contributed by atoms with Crippen LogP contribution in [0.5, 0.6) is 23.0 Å². The Kier molecular flexibility index (Phi) is 9.11. The first-order valence-corrected chi connectivity index (χ1v) is 14.2. The molecule has 43 heavy (non-hydrogen) atoms. The van der Waals surface area contributed by atoms with Gasteiger partial charge in [-0.1, -0.05) is 19.3 Å². The maximum Gasteiger partial charge on any atom is 0.252 e. The summed E-state index contributed by atoms with van der Waals surface area (Å²) in [4.78, 5) is 26.8. The molecular formula is C31H37NO11. The summed E-state index contributed by atoms with van der Waals surface area (Å²) in [6.45, 7) is 0. The molecule has 1 saturated carbocycles. The van der Waals surface area contributed by atoms with E-state index in [2.05, 4.69) is 5.32 Å². The summed E-state index contributed by atoms with van der Waals surface area (Å²) in [6.07, 6.45) is -3.38. The van der Waals surface area contributed by atoms with Crippen molar-refractivity contribution in [1.29, 1.82) is 0 Å². The fraction of sp³-hybridized carbons (Fsp3) is 0.484. The van der Waals surface area contributed by atoms with Crippen molar-refractivity contribution in [3.05, 3.63) is 46.1 Å². The third-order valence-corrected chi connectivity index (χ3v) is 8.17. The predicted molar refractivity (Wildman–Crippen MR) is 155 cm³/mol. The first-order chi connectivity index (χ1) is 20.7. The minimum atomic E-state index is -1.74. The number of hydrogen-bond acceptors (Lipinski definition) is 11. The Labute approximate surface area is 248 Å². The molecule has 232 valence electrons. The third-order valence-electron chi connectivity index (χ3n) is 8.17. The number of aliphatic hydroxyl groups is 3. The van der Waals surface area contributed by atoms with Gasteiger partial charge in [-0.05, 0) is 31.0 Å². The van der Waals surface area contributed by atoms with Gasteiger partial charge >= 0.3 is 0 Å². The van der Waals surface area contributed by atoms with Gasteiger partial charge in [-0.15, -0.1) is 0 Å². The van der Waals surface area contributed by atoms with E-state index < -0.39 is 41.9 Å². The van der Waals surface area contributed by atoms with E-state index >= 15 is 0 Å². The van der Waals surface area contributed by atoms with Crippen LogP contribution in [0.4, 0.5) is 0 Å². The van der Waals surface area contributed by atoms with E-state index in [0.717, 1.165) is 32.1 Å². The van der Waals surface area contributed by atoms with Gasteiger partial charge in [0.2, 0.25) is 0 Å². The molecular weight excluding hydrogens is 562 g/mol. The molecule has 4 N–H and O–H groups in total. The molecule has 1 saturated heterocycles. The van der Waals surface area contributed by atoms with Crippen molar-refractivity contribution in [2.75, 3.05) is 28.4 Å². The summed E-state index contributed by atoms with van der Waals surface area (Å²) in [6, 6.07) is 7.73. The van der Waals surface area contributed by atoms with Crippen LogP contribution in [0.3, 0.4) is 0 Å². The zero-order chi connectivity index (χ0) is 30.8. The molecule has 0 radical (unpaired) electrons. The summed E-state index contributed by atoms with van der Waals surface area (Å²) in [5.74, 6) is 0.665. The van der Waals surface area contributed by atoms with E-state index in [-0.39, 0.29) is 39.8 Å². The lowest BCUT2D eigenvalue weighted by atomic mass is 9.88. The van der Waals surface area contributed by atoms with Crippen LogP contribution in [-0.2, 0) is 9.53 Å². The minimum Gasteiger partial charge on any atom is -0.496 e. The third kappa shape index (κ3) is 5.75. The van der Waals surface area contributed by atoms with Crippen LogP contribution in [0.15, 0.2) is 39.5 Å². The molecule has 5 atom stereocenters. The predicted octanol–water partition coefficient (Wildman–Crippen LogP) is 2.47. The van der Waals surface area contributed by atoms with E-state index in [9.17, 15) is 24.9 Å². The lowest BCUT2D eigenvalue weighted by Gasteiger charge is -2.41. The highest BCUT2D eigenvalue weighted by Gasteiger charge is 2.49. The van der Waals surface area contributed by atoms with Crippen LogP contribution >= 0.6 is 0 Å². The van der Waals surface area contributed by atoms with Gasteiger partial charge in [-0.25, -0.2) is 0 Å². The molecule has 1 aromatic heterocycles. The first kappa shape index (κ1) is 30.6. The number of aliphatic hydroxyl groups excluding tert-OH is 3. The highest BCUT2D eigenvalue weighted by Crippen LogP contribution is 2.46. The summed E-state index contributed by atoms with van der Waals surface area (Å²) in [5, 5.41) is 35.5. The number of carbonyl (C=O) groups excluding carboxylic acids is 1. The molecule has 2 heterocycles. The van der Waals surface area contributed by atoms with Crippen LogP contribution in [-0.4, -0.2) is 80.1 Å². The van der Waals surface area contributed by atoms with Crippen LogP contribution in [0, 0.1) is 0 Å².